The van der Waals surface area contributed by atoms with Gasteiger partial charge in [0.2, 0.25) is 5.91 Å². The number of fused-ring (bicyclic) bond motifs is 2. The minimum atomic E-state index is 0.0257. The van der Waals surface area contributed by atoms with Crippen LogP contribution in [0.2, 0.25) is 0 Å². The van der Waals surface area contributed by atoms with Crippen molar-refractivity contribution in [2.75, 3.05) is 18.5 Å². The van der Waals surface area contributed by atoms with Crippen LogP contribution in [0.15, 0.2) is 66.7 Å². The monoisotopic (exact) mass is 348 g/mol. The van der Waals surface area contributed by atoms with E-state index in [4.69, 9.17) is 4.74 Å². The van der Waals surface area contributed by atoms with Gasteiger partial charge in [0, 0.05) is 25.3 Å². The van der Waals surface area contributed by atoms with Crippen LogP contribution in [-0.2, 0) is 11.4 Å². The summed E-state index contributed by atoms with van der Waals surface area (Å²) in [6.45, 7) is 1.53. The Labute approximate surface area is 154 Å². The van der Waals surface area contributed by atoms with Crippen molar-refractivity contribution in [3.8, 4) is 5.75 Å². The largest absolute Gasteiger partial charge is 0.489 e. The Hall–Kier alpha value is -2.59. The zero-order valence-corrected chi connectivity index (χ0v) is 15.0. The first-order valence-corrected chi connectivity index (χ1v) is 9.17. The van der Waals surface area contributed by atoms with Gasteiger partial charge in [-0.05, 0) is 42.2 Å². The van der Waals surface area contributed by atoms with Crippen molar-refractivity contribution < 1.29 is 9.53 Å². The molecule has 4 nitrogen and oxygen atoms in total. The number of benzene rings is 2. The maximum absolute atomic E-state index is 12.9. The lowest BCUT2D eigenvalue weighted by Crippen LogP contribution is -2.52. The zero-order chi connectivity index (χ0) is 17.9. The van der Waals surface area contributed by atoms with Gasteiger partial charge in [0.25, 0.3) is 0 Å². The van der Waals surface area contributed by atoms with E-state index in [-0.39, 0.29) is 17.9 Å². The molecule has 1 aliphatic carbocycles. The Balaban J connectivity index is 1.38. The topological polar surface area (TPSA) is 41.6 Å². The maximum atomic E-state index is 12.9. The number of ether oxygens (including phenoxy) is 1. The minimum absolute atomic E-state index is 0.0257. The van der Waals surface area contributed by atoms with E-state index in [1.807, 2.05) is 61.6 Å². The molecule has 1 saturated heterocycles. The molecular weight excluding hydrogens is 324 g/mol. The summed E-state index contributed by atoms with van der Waals surface area (Å²) in [6, 6.07) is 18.0. The highest BCUT2D eigenvalue weighted by Gasteiger charge is 2.37. The van der Waals surface area contributed by atoms with Crippen molar-refractivity contribution in [3.63, 3.8) is 0 Å². The molecule has 134 valence electrons. The average Bonchev–Trinajstić information content (AvgIpc) is 2.73. The summed E-state index contributed by atoms with van der Waals surface area (Å²) in [7, 11) is 1.86. The second kappa shape index (κ2) is 7.34. The highest BCUT2D eigenvalue weighted by Crippen LogP contribution is 2.31. The number of carbonyl (C=O) groups excluding carboxylic acids is 1. The number of anilines is 1. The zero-order valence-electron chi connectivity index (χ0n) is 15.0. The predicted molar refractivity (Wildman–Crippen MR) is 103 cm³/mol. The fraction of sp³-hybridized carbons (Fsp3) is 0.318. The van der Waals surface area contributed by atoms with Crippen LogP contribution in [0.4, 0.5) is 5.69 Å². The van der Waals surface area contributed by atoms with E-state index in [0.717, 1.165) is 30.0 Å². The van der Waals surface area contributed by atoms with Gasteiger partial charge in [-0.25, -0.2) is 0 Å². The molecule has 2 aromatic carbocycles. The van der Waals surface area contributed by atoms with Gasteiger partial charge in [-0.3, -0.25) is 4.79 Å². The highest BCUT2D eigenvalue weighted by atomic mass is 16.5. The second-order valence-electron chi connectivity index (χ2n) is 7.09. The van der Waals surface area contributed by atoms with Crippen LogP contribution in [0, 0.1) is 11.8 Å². The average molecular weight is 348 g/mol. The molecule has 3 aliphatic rings. The van der Waals surface area contributed by atoms with E-state index < -0.39 is 0 Å². The molecule has 0 radical (unpaired) electrons. The van der Waals surface area contributed by atoms with Crippen molar-refractivity contribution in [2.24, 2.45) is 11.8 Å². The fourth-order valence-electron chi connectivity index (χ4n) is 3.75. The molecule has 2 aromatic rings. The van der Waals surface area contributed by atoms with Crippen molar-refractivity contribution in [3.05, 3.63) is 72.3 Å². The third-order valence-corrected chi connectivity index (χ3v) is 5.32. The van der Waals surface area contributed by atoms with Gasteiger partial charge in [-0.1, -0.05) is 42.5 Å². The number of rotatable bonds is 5. The smallest absolute Gasteiger partial charge is 0.231 e. The Morgan fingerprint density at radius 2 is 1.88 bits per heavy atom. The van der Waals surface area contributed by atoms with Crippen LogP contribution in [0.1, 0.15) is 12.0 Å². The number of nitrogens with one attached hydrogen (secondary N) is 1. The molecule has 1 N–H and O–H groups in total. The molecular formula is C22H24N2O2. The van der Waals surface area contributed by atoms with Gasteiger partial charge in [-0.2, -0.15) is 0 Å². The third kappa shape index (κ3) is 3.51. The van der Waals surface area contributed by atoms with Crippen molar-refractivity contribution in [1.29, 1.82) is 0 Å². The van der Waals surface area contributed by atoms with E-state index in [9.17, 15) is 4.79 Å². The van der Waals surface area contributed by atoms with Crippen molar-refractivity contribution in [2.45, 2.75) is 19.1 Å². The molecule has 0 aromatic heterocycles. The Morgan fingerprint density at radius 3 is 2.50 bits per heavy atom. The molecule has 3 unspecified atom stereocenters. The summed E-state index contributed by atoms with van der Waals surface area (Å²) in [6.07, 6.45) is 5.33. The molecule has 3 atom stereocenters. The maximum Gasteiger partial charge on any atom is 0.231 e. The predicted octanol–water partition coefficient (Wildman–Crippen LogP) is 3.39. The van der Waals surface area contributed by atoms with Crippen LogP contribution in [0.5, 0.6) is 5.75 Å². The van der Waals surface area contributed by atoms with Gasteiger partial charge >= 0.3 is 0 Å². The van der Waals surface area contributed by atoms with Gasteiger partial charge in [0.1, 0.15) is 12.4 Å². The lowest BCUT2D eigenvalue weighted by atomic mass is 9.78. The van der Waals surface area contributed by atoms with Crippen LogP contribution in [0.3, 0.4) is 0 Å². The number of carbonyl (C=O) groups is 1. The number of hydrogen-bond acceptors (Lipinski definition) is 3. The first-order chi connectivity index (χ1) is 12.7. The van der Waals surface area contributed by atoms with Gasteiger partial charge in [0.05, 0.1) is 5.92 Å². The van der Waals surface area contributed by atoms with E-state index >= 15 is 0 Å². The molecule has 26 heavy (non-hydrogen) atoms. The molecule has 0 spiro atoms. The molecule has 1 fully saturated rings. The Morgan fingerprint density at radius 1 is 1.12 bits per heavy atom. The van der Waals surface area contributed by atoms with Crippen LogP contribution < -0.4 is 15.0 Å². The standard InChI is InChI=1S/C22H24N2O2/c1-24(22(25)20-13-17-7-12-21(20)23-14-17)18-8-10-19(11-9-18)26-15-16-5-3-2-4-6-16/h2-12,17,20-21,23H,13-15H2,1H3. The second-order valence-corrected chi connectivity index (χ2v) is 7.09. The summed E-state index contributed by atoms with van der Waals surface area (Å²) >= 11 is 0. The fourth-order valence-corrected chi connectivity index (χ4v) is 3.75. The molecule has 4 heteroatoms. The van der Waals surface area contributed by atoms with E-state index in [1.165, 1.54) is 0 Å². The quantitative estimate of drug-likeness (QED) is 0.842. The Kier molecular flexibility index (Phi) is 4.76. The summed E-state index contributed by atoms with van der Waals surface area (Å²) in [5, 5.41) is 3.44. The normalized spacial score (nSPS) is 23.7. The first-order valence-electron chi connectivity index (χ1n) is 9.17. The number of piperidine rings is 1. The molecule has 5 rings (SSSR count). The van der Waals surface area contributed by atoms with Gasteiger partial charge in [0.15, 0.2) is 0 Å². The molecule has 2 bridgehead atoms. The third-order valence-electron chi connectivity index (χ3n) is 5.32. The SMILES string of the molecule is CN(C(=O)C1CC2C=CC1NC2)c1ccc(OCc2ccccc2)cc1. The molecule has 0 saturated carbocycles. The van der Waals surface area contributed by atoms with Gasteiger partial charge < -0.3 is 15.0 Å². The van der Waals surface area contributed by atoms with Gasteiger partial charge in [-0.15, -0.1) is 0 Å². The first kappa shape index (κ1) is 16.9. The molecule has 1 amide bonds. The minimum Gasteiger partial charge on any atom is -0.489 e. The summed E-state index contributed by atoms with van der Waals surface area (Å²) in [4.78, 5) is 14.7. The summed E-state index contributed by atoms with van der Waals surface area (Å²) in [5.41, 5.74) is 2.03. The van der Waals surface area contributed by atoms with Crippen molar-refractivity contribution >= 4 is 11.6 Å². The number of hydrogen-bond donors (Lipinski definition) is 1. The van der Waals surface area contributed by atoms with Crippen LogP contribution in [0.25, 0.3) is 0 Å². The number of nitrogens with zero attached hydrogens (tertiary/aromatic N) is 1. The summed E-state index contributed by atoms with van der Waals surface area (Å²) in [5.74, 6) is 1.49. The number of amides is 1. The Bertz CT molecular complexity index is 786. The van der Waals surface area contributed by atoms with Crippen LogP contribution in [-0.4, -0.2) is 25.5 Å². The van der Waals surface area contributed by atoms with E-state index in [1.54, 1.807) is 4.90 Å². The molecule has 2 heterocycles. The van der Waals surface area contributed by atoms with Crippen molar-refractivity contribution in [1.82, 2.24) is 5.32 Å². The lowest BCUT2D eigenvalue weighted by molar-refractivity contribution is -0.123. The highest BCUT2D eigenvalue weighted by molar-refractivity contribution is 5.95. The van der Waals surface area contributed by atoms with Crippen LogP contribution >= 0.6 is 0 Å². The van der Waals surface area contributed by atoms with E-state index in [0.29, 0.717) is 12.5 Å². The summed E-state index contributed by atoms with van der Waals surface area (Å²) < 4.78 is 5.82. The van der Waals surface area contributed by atoms with E-state index in [2.05, 4.69) is 17.5 Å². The molecule has 2 aliphatic heterocycles. The lowest BCUT2D eigenvalue weighted by Gasteiger charge is -2.39.